The number of quaternary nitrogens is 1. The molecule has 5 rings (SSSR count). The number of hydroxylamine groups is 3. The molecular formula is C24H32N4O2. The van der Waals surface area contributed by atoms with Gasteiger partial charge in [-0.15, -0.1) is 0 Å². The highest BCUT2D eigenvalue weighted by Crippen LogP contribution is 2.37. The van der Waals surface area contributed by atoms with Crippen molar-refractivity contribution < 1.29 is 9.44 Å². The molecular weight excluding hydrogens is 376 g/mol. The first kappa shape index (κ1) is 19.6. The van der Waals surface area contributed by atoms with Gasteiger partial charge in [-0.25, -0.2) is 0 Å². The number of amides is 1. The molecule has 160 valence electrons. The van der Waals surface area contributed by atoms with Crippen molar-refractivity contribution in [1.29, 1.82) is 0 Å². The van der Waals surface area contributed by atoms with Crippen molar-refractivity contribution >= 4 is 17.4 Å². The zero-order chi connectivity index (χ0) is 20.9. The van der Waals surface area contributed by atoms with E-state index < -0.39 is 0 Å². The Morgan fingerprint density at radius 2 is 1.97 bits per heavy atom. The van der Waals surface area contributed by atoms with Gasteiger partial charge in [0.2, 0.25) is 0 Å². The number of aryl methyl sites for hydroxylation is 1. The molecule has 6 heteroatoms. The quantitative estimate of drug-likeness (QED) is 0.602. The maximum Gasteiger partial charge on any atom is 0.270 e. The maximum atomic E-state index is 13.2. The van der Waals surface area contributed by atoms with Crippen molar-refractivity contribution in [3.8, 4) is 0 Å². The Bertz CT molecular complexity index is 968. The third-order valence-electron chi connectivity index (χ3n) is 7.26. The first-order valence-electron chi connectivity index (χ1n) is 11.5. The van der Waals surface area contributed by atoms with E-state index in [0.717, 1.165) is 50.3 Å². The van der Waals surface area contributed by atoms with Crippen LogP contribution in [0.25, 0.3) is 0 Å². The van der Waals surface area contributed by atoms with Gasteiger partial charge < -0.3 is 24.6 Å². The fourth-order valence-electron chi connectivity index (χ4n) is 5.37. The van der Waals surface area contributed by atoms with Crippen LogP contribution in [0, 0.1) is 5.21 Å². The number of nitrogens with one attached hydrogen (secondary N) is 1. The lowest BCUT2D eigenvalue weighted by Crippen LogP contribution is -2.42. The number of carbonyl (C=O) groups is 1. The number of hydrogen-bond acceptors (Lipinski definition) is 3. The summed E-state index contributed by atoms with van der Waals surface area (Å²) >= 11 is 0. The van der Waals surface area contributed by atoms with E-state index in [9.17, 15) is 10.0 Å². The lowest BCUT2D eigenvalue weighted by Gasteiger charge is -2.37. The smallest absolute Gasteiger partial charge is 0.270 e. The lowest BCUT2D eigenvalue weighted by molar-refractivity contribution is -0.898. The summed E-state index contributed by atoms with van der Waals surface area (Å²) < 4.78 is -0.154. The summed E-state index contributed by atoms with van der Waals surface area (Å²) in [6.45, 7) is 7.64. The normalized spacial score (nSPS) is 25.9. The number of aromatic amines is 1. The number of benzene rings is 1. The lowest BCUT2D eigenvalue weighted by atomic mass is 10.0. The third kappa shape index (κ3) is 3.32. The predicted octanol–water partition coefficient (Wildman–Crippen LogP) is 4.46. The topological polar surface area (TPSA) is 62.4 Å². The van der Waals surface area contributed by atoms with Gasteiger partial charge in [-0.1, -0.05) is 6.07 Å². The van der Waals surface area contributed by atoms with Crippen LogP contribution in [0.5, 0.6) is 0 Å². The molecule has 0 radical (unpaired) electrons. The van der Waals surface area contributed by atoms with Crippen molar-refractivity contribution in [2.45, 2.75) is 65.1 Å². The number of nitrogens with zero attached hydrogens (tertiary/aromatic N) is 3. The van der Waals surface area contributed by atoms with Crippen molar-refractivity contribution in [2.24, 2.45) is 0 Å². The number of fused-ring (bicyclic) bond motifs is 2. The summed E-state index contributed by atoms with van der Waals surface area (Å²) in [4.78, 5) is 20.9. The van der Waals surface area contributed by atoms with E-state index >= 15 is 0 Å². The van der Waals surface area contributed by atoms with Gasteiger partial charge in [-0.3, -0.25) is 4.79 Å². The van der Waals surface area contributed by atoms with E-state index in [1.54, 1.807) is 0 Å². The fourth-order valence-corrected chi connectivity index (χ4v) is 5.37. The fraction of sp³-hybridized carbons (Fsp3) is 0.542. The largest absolute Gasteiger partial charge is 0.632 e. The Labute approximate surface area is 178 Å². The van der Waals surface area contributed by atoms with Crippen LogP contribution in [-0.2, 0) is 19.5 Å². The molecule has 1 aromatic carbocycles. The number of rotatable bonds is 3. The molecule has 2 unspecified atom stereocenters. The average molecular weight is 409 g/mol. The molecule has 0 saturated carbocycles. The highest BCUT2D eigenvalue weighted by molar-refractivity contribution is 5.94. The van der Waals surface area contributed by atoms with Gasteiger partial charge in [-0.05, 0) is 69.7 Å². The van der Waals surface area contributed by atoms with Crippen molar-refractivity contribution in [2.75, 3.05) is 24.5 Å². The molecule has 3 aliphatic rings. The van der Waals surface area contributed by atoms with Crippen molar-refractivity contribution in [1.82, 2.24) is 9.88 Å². The third-order valence-corrected chi connectivity index (χ3v) is 7.26. The maximum absolute atomic E-state index is 13.2. The van der Waals surface area contributed by atoms with Crippen LogP contribution in [0.4, 0.5) is 11.5 Å². The Hall–Kier alpha value is -2.31. The van der Waals surface area contributed by atoms with Crippen LogP contribution < -0.4 is 4.90 Å². The molecule has 0 spiro atoms. The Balaban J connectivity index is 1.43. The highest BCUT2D eigenvalue weighted by atomic mass is 16.5. The average Bonchev–Trinajstić information content (AvgIpc) is 3.33. The molecule has 30 heavy (non-hydrogen) atoms. The second-order valence-electron chi connectivity index (χ2n) is 9.30. The zero-order valence-electron chi connectivity index (χ0n) is 18.1. The number of piperidine rings is 1. The van der Waals surface area contributed by atoms with E-state index in [4.69, 9.17) is 0 Å². The van der Waals surface area contributed by atoms with Gasteiger partial charge in [0.25, 0.3) is 5.91 Å². The van der Waals surface area contributed by atoms with Gasteiger partial charge in [0.05, 0.1) is 6.54 Å². The number of likely N-dealkylation sites (tertiary alicyclic amines) is 1. The molecule has 1 aromatic heterocycles. The van der Waals surface area contributed by atoms with Gasteiger partial charge in [0.15, 0.2) is 0 Å². The molecule has 1 saturated heterocycles. The summed E-state index contributed by atoms with van der Waals surface area (Å²) in [7, 11) is 0. The van der Waals surface area contributed by atoms with Crippen LogP contribution in [-0.4, -0.2) is 46.1 Å². The molecule has 1 amide bonds. The van der Waals surface area contributed by atoms with Gasteiger partial charge in [0.1, 0.15) is 24.6 Å². The number of anilines is 2. The Morgan fingerprint density at radius 3 is 2.77 bits per heavy atom. The number of aromatic nitrogens is 1. The zero-order valence-corrected chi connectivity index (χ0v) is 18.1. The van der Waals surface area contributed by atoms with Gasteiger partial charge in [0, 0.05) is 35.9 Å². The summed E-state index contributed by atoms with van der Waals surface area (Å²) in [5.74, 6) is 1.17. The van der Waals surface area contributed by atoms with Crippen LogP contribution in [0.2, 0.25) is 0 Å². The van der Waals surface area contributed by atoms with Crippen LogP contribution >= 0.6 is 0 Å². The van der Waals surface area contributed by atoms with Crippen LogP contribution in [0.3, 0.4) is 0 Å². The number of H-pyrrole nitrogens is 1. The minimum atomic E-state index is -0.154. The standard InChI is InChI=1S/C24H32N4O2/c1-3-28(30)15-19-9-10-21(13-20(19)16-28)27-12-6-8-18-14-22(25-23(18)27)24(29)26-11-5-4-7-17(26)2/h9-10,13-14,17,25H,3-8,11-12,15-16H2,1-2H3. The molecule has 2 aromatic rings. The van der Waals surface area contributed by atoms with E-state index in [-0.39, 0.29) is 10.6 Å². The molecule has 4 heterocycles. The molecule has 0 bridgehead atoms. The van der Waals surface area contributed by atoms with Crippen LogP contribution in [0.1, 0.15) is 66.7 Å². The summed E-state index contributed by atoms with van der Waals surface area (Å²) in [5, 5.41) is 12.7. The minimum absolute atomic E-state index is 0.127. The summed E-state index contributed by atoms with van der Waals surface area (Å²) in [6.07, 6.45) is 5.44. The second kappa shape index (κ2) is 7.43. The molecule has 3 aliphatic heterocycles. The van der Waals surface area contributed by atoms with Crippen LogP contribution in [0.15, 0.2) is 24.3 Å². The van der Waals surface area contributed by atoms with Gasteiger partial charge in [-0.2, -0.15) is 0 Å². The van der Waals surface area contributed by atoms with E-state index in [2.05, 4.69) is 41.1 Å². The highest BCUT2D eigenvalue weighted by Gasteiger charge is 2.31. The Kier molecular flexibility index (Phi) is 4.86. The molecule has 1 N–H and O–H groups in total. The molecule has 0 aliphatic carbocycles. The van der Waals surface area contributed by atoms with Crippen molar-refractivity contribution in [3.05, 3.63) is 51.9 Å². The first-order chi connectivity index (χ1) is 14.5. The summed E-state index contributed by atoms with van der Waals surface area (Å²) in [6, 6.07) is 8.82. The molecule has 2 atom stereocenters. The number of carbonyl (C=O) groups excluding carboxylic acids is 1. The minimum Gasteiger partial charge on any atom is -0.632 e. The second-order valence-corrected chi connectivity index (χ2v) is 9.30. The predicted molar refractivity (Wildman–Crippen MR) is 118 cm³/mol. The SMILES string of the molecule is CC[N+]1([O-])Cc2ccc(N3CCCc4cc(C(=O)N5CCCCC5C)[nH]c43)cc2C1. The Morgan fingerprint density at radius 1 is 1.13 bits per heavy atom. The van der Waals surface area contributed by atoms with E-state index in [0.29, 0.717) is 31.4 Å². The molecule has 1 fully saturated rings. The van der Waals surface area contributed by atoms with E-state index in [1.165, 1.54) is 23.1 Å². The van der Waals surface area contributed by atoms with Gasteiger partial charge >= 0.3 is 0 Å². The number of hydrogen-bond donors (Lipinski definition) is 1. The van der Waals surface area contributed by atoms with E-state index in [1.807, 2.05) is 11.8 Å². The molecule has 6 nitrogen and oxygen atoms in total. The monoisotopic (exact) mass is 408 g/mol. The summed E-state index contributed by atoms with van der Waals surface area (Å²) in [5.41, 5.74) is 5.39. The first-order valence-corrected chi connectivity index (χ1v) is 11.5. The van der Waals surface area contributed by atoms with Crippen molar-refractivity contribution in [3.63, 3.8) is 0 Å².